The topological polar surface area (TPSA) is 34.1 Å². The molecule has 4 heteroatoms. The molecule has 1 aliphatic rings. The minimum Gasteiger partial charge on any atom is -0.497 e. The molecule has 18 heavy (non-hydrogen) atoms. The standard InChI is InChI=1S/C14H16N2OS/c1-17-11-6-4-10(5-7-11)13-9-18-14(16-13)12-3-2-8-15-12/h4-7,9,12,15H,2-3,8H2,1H3. The summed E-state index contributed by atoms with van der Waals surface area (Å²) in [5.41, 5.74) is 2.21. The van der Waals surface area contributed by atoms with Gasteiger partial charge >= 0.3 is 0 Å². The van der Waals surface area contributed by atoms with Crippen LogP contribution in [0.3, 0.4) is 0 Å². The molecule has 0 bridgehead atoms. The smallest absolute Gasteiger partial charge is 0.118 e. The van der Waals surface area contributed by atoms with E-state index >= 15 is 0 Å². The van der Waals surface area contributed by atoms with Gasteiger partial charge in [-0.25, -0.2) is 4.98 Å². The van der Waals surface area contributed by atoms with E-state index in [2.05, 4.69) is 22.8 Å². The van der Waals surface area contributed by atoms with Crippen LogP contribution in [0.4, 0.5) is 0 Å². The molecule has 2 heterocycles. The van der Waals surface area contributed by atoms with E-state index in [4.69, 9.17) is 9.72 Å². The molecule has 1 aromatic heterocycles. The third kappa shape index (κ3) is 2.26. The maximum Gasteiger partial charge on any atom is 0.118 e. The predicted octanol–water partition coefficient (Wildman–Crippen LogP) is 3.24. The summed E-state index contributed by atoms with van der Waals surface area (Å²) in [5.74, 6) is 0.881. The van der Waals surface area contributed by atoms with Gasteiger partial charge in [-0.15, -0.1) is 11.3 Å². The van der Waals surface area contributed by atoms with Gasteiger partial charge in [0.1, 0.15) is 10.8 Å². The number of hydrogen-bond donors (Lipinski definition) is 1. The van der Waals surface area contributed by atoms with E-state index in [9.17, 15) is 0 Å². The fraction of sp³-hybridized carbons (Fsp3) is 0.357. The van der Waals surface area contributed by atoms with Gasteiger partial charge in [0.2, 0.25) is 0 Å². The van der Waals surface area contributed by atoms with Gasteiger partial charge in [0.25, 0.3) is 0 Å². The molecule has 0 spiro atoms. The summed E-state index contributed by atoms with van der Waals surface area (Å²) in [5, 5.41) is 6.83. The van der Waals surface area contributed by atoms with E-state index in [1.807, 2.05) is 12.1 Å². The number of methoxy groups -OCH3 is 1. The van der Waals surface area contributed by atoms with Crippen molar-refractivity contribution in [1.82, 2.24) is 10.3 Å². The fourth-order valence-electron chi connectivity index (χ4n) is 2.24. The Balaban J connectivity index is 1.82. The largest absolute Gasteiger partial charge is 0.497 e. The zero-order valence-electron chi connectivity index (χ0n) is 10.3. The van der Waals surface area contributed by atoms with E-state index in [-0.39, 0.29) is 0 Å². The van der Waals surface area contributed by atoms with Crippen LogP contribution < -0.4 is 10.1 Å². The normalized spacial score (nSPS) is 19.1. The lowest BCUT2D eigenvalue weighted by molar-refractivity contribution is 0.415. The minimum absolute atomic E-state index is 0.460. The molecule has 1 fully saturated rings. The van der Waals surface area contributed by atoms with Crippen molar-refractivity contribution >= 4 is 11.3 Å². The molecule has 1 aromatic carbocycles. The van der Waals surface area contributed by atoms with E-state index in [1.54, 1.807) is 18.4 Å². The minimum atomic E-state index is 0.460. The summed E-state index contributed by atoms with van der Waals surface area (Å²) < 4.78 is 5.16. The summed E-state index contributed by atoms with van der Waals surface area (Å²) in [6.45, 7) is 1.11. The van der Waals surface area contributed by atoms with E-state index < -0.39 is 0 Å². The van der Waals surface area contributed by atoms with E-state index in [0.29, 0.717) is 6.04 Å². The first kappa shape index (κ1) is 11.7. The van der Waals surface area contributed by atoms with Crippen LogP contribution in [0.5, 0.6) is 5.75 Å². The van der Waals surface area contributed by atoms with Gasteiger partial charge in [-0.05, 0) is 43.7 Å². The quantitative estimate of drug-likeness (QED) is 0.920. The van der Waals surface area contributed by atoms with Gasteiger partial charge in [-0.1, -0.05) is 0 Å². The molecule has 2 aromatic rings. The average molecular weight is 260 g/mol. The second-order valence-corrected chi connectivity index (χ2v) is 5.34. The van der Waals surface area contributed by atoms with Crippen LogP contribution in [0.2, 0.25) is 0 Å². The van der Waals surface area contributed by atoms with Crippen molar-refractivity contribution in [1.29, 1.82) is 0 Å². The molecule has 3 rings (SSSR count). The van der Waals surface area contributed by atoms with Crippen molar-refractivity contribution in [3.63, 3.8) is 0 Å². The molecule has 1 N–H and O–H groups in total. The van der Waals surface area contributed by atoms with Gasteiger partial charge in [0.05, 0.1) is 18.8 Å². The predicted molar refractivity (Wildman–Crippen MR) is 74.1 cm³/mol. The highest BCUT2D eigenvalue weighted by atomic mass is 32.1. The van der Waals surface area contributed by atoms with Crippen LogP contribution in [0.1, 0.15) is 23.9 Å². The molecule has 1 atom stereocenters. The van der Waals surface area contributed by atoms with Crippen molar-refractivity contribution in [2.45, 2.75) is 18.9 Å². The highest BCUT2D eigenvalue weighted by Crippen LogP contribution is 2.30. The Labute approximate surface area is 111 Å². The van der Waals surface area contributed by atoms with Crippen LogP contribution in [0, 0.1) is 0 Å². The third-order valence-corrected chi connectivity index (χ3v) is 4.22. The molecule has 1 saturated heterocycles. The summed E-state index contributed by atoms with van der Waals surface area (Å²) in [6.07, 6.45) is 2.46. The molecule has 3 nitrogen and oxygen atoms in total. The van der Waals surface area contributed by atoms with Crippen LogP contribution in [-0.2, 0) is 0 Å². The lowest BCUT2D eigenvalue weighted by Gasteiger charge is -2.04. The Morgan fingerprint density at radius 1 is 1.33 bits per heavy atom. The molecule has 0 saturated carbocycles. The van der Waals surface area contributed by atoms with Gasteiger partial charge < -0.3 is 10.1 Å². The van der Waals surface area contributed by atoms with Crippen LogP contribution in [0.15, 0.2) is 29.6 Å². The lowest BCUT2D eigenvalue weighted by atomic mass is 10.1. The number of rotatable bonds is 3. The monoisotopic (exact) mass is 260 g/mol. The first-order chi connectivity index (χ1) is 8.86. The molecular weight excluding hydrogens is 244 g/mol. The highest BCUT2D eigenvalue weighted by Gasteiger charge is 2.19. The average Bonchev–Trinajstić information content (AvgIpc) is 3.09. The summed E-state index contributed by atoms with van der Waals surface area (Å²) in [4.78, 5) is 4.73. The molecule has 0 radical (unpaired) electrons. The van der Waals surface area contributed by atoms with Crippen molar-refractivity contribution in [3.8, 4) is 17.0 Å². The second-order valence-electron chi connectivity index (χ2n) is 4.45. The van der Waals surface area contributed by atoms with Crippen molar-refractivity contribution < 1.29 is 4.74 Å². The molecule has 1 aliphatic heterocycles. The van der Waals surface area contributed by atoms with Crippen molar-refractivity contribution in [2.75, 3.05) is 13.7 Å². The fourth-order valence-corrected chi connectivity index (χ4v) is 3.18. The zero-order valence-corrected chi connectivity index (χ0v) is 11.2. The Kier molecular flexibility index (Phi) is 3.30. The Morgan fingerprint density at radius 2 is 2.17 bits per heavy atom. The summed E-state index contributed by atoms with van der Waals surface area (Å²) in [7, 11) is 1.68. The van der Waals surface area contributed by atoms with Crippen LogP contribution in [0.25, 0.3) is 11.3 Å². The number of nitrogens with one attached hydrogen (secondary N) is 1. The number of nitrogens with zero attached hydrogens (tertiary/aromatic N) is 1. The SMILES string of the molecule is COc1ccc(-c2csc(C3CCCN3)n2)cc1. The van der Waals surface area contributed by atoms with E-state index in [1.165, 1.54) is 17.8 Å². The van der Waals surface area contributed by atoms with Gasteiger partial charge in [-0.2, -0.15) is 0 Å². The van der Waals surface area contributed by atoms with Crippen molar-refractivity contribution in [3.05, 3.63) is 34.7 Å². The Hall–Kier alpha value is -1.39. The van der Waals surface area contributed by atoms with Crippen molar-refractivity contribution in [2.24, 2.45) is 0 Å². The molecule has 0 aliphatic carbocycles. The number of thiazole rings is 1. The number of ether oxygens (including phenoxy) is 1. The van der Waals surface area contributed by atoms with Gasteiger partial charge in [0, 0.05) is 10.9 Å². The number of benzene rings is 1. The molecule has 0 amide bonds. The lowest BCUT2D eigenvalue weighted by Crippen LogP contribution is -2.12. The van der Waals surface area contributed by atoms with Crippen LogP contribution in [-0.4, -0.2) is 18.6 Å². The Morgan fingerprint density at radius 3 is 2.83 bits per heavy atom. The number of hydrogen-bond acceptors (Lipinski definition) is 4. The van der Waals surface area contributed by atoms with Gasteiger partial charge in [-0.3, -0.25) is 0 Å². The summed E-state index contributed by atoms with van der Waals surface area (Å²) in [6, 6.07) is 8.52. The first-order valence-corrected chi connectivity index (χ1v) is 7.08. The summed E-state index contributed by atoms with van der Waals surface area (Å²) >= 11 is 1.75. The molecule has 94 valence electrons. The molecule has 1 unspecified atom stereocenters. The van der Waals surface area contributed by atoms with Gasteiger partial charge in [0.15, 0.2) is 0 Å². The number of aromatic nitrogens is 1. The highest BCUT2D eigenvalue weighted by molar-refractivity contribution is 7.10. The van der Waals surface area contributed by atoms with Crippen LogP contribution >= 0.6 is 11.3 Å². The first-order valence-electron chi connectivity index (χ1n) is 6.20. The Bertz CT molecular complexity index is 515. The third-order valence-electron chi connectivity index (χ3n) is 3.27. The molecular formula is C14H16N2OS. The maximum absolute atomic E-state index is 5.16. The maximum atomic E-state index is 5.16. The second kappa shape index (κ2) is 5.08. The zero-order chi connectivity index (χ0) is 12.4. The van der Waals surface area contributed by atoms with E-state index in [0.717, 1.165) is 23.6 Å².